The van der Waals surface area contributed by atoms with Crippen LogP contribution in [0.2, 0.25) is 0 Å². The molecule has 0 radical (unpaired) electrons. The molecule has 0 heterocycles. The second-order valence-corrected chi connectivity index (χ2v) is 16.7. The molecule has 6 nitrogen and oxygen atoms in total. The number of allylic oxidation sites excluding steroid dienone is 18. The van der Waals surface area contributed by atoms with Gasteiger partial charge in [0.25, 0.3) is 0 Å². The molecule has 362 valence electrons. The van der Waals surface area contributed by atoms with Gasteiger partial charge in [0.1, 0.15) is 13.2 Å². The molecule has 64 heavy (non-hydrogen) atoms. The van der Waals surface area contributed by atoms with Gasteiger partial charge in [-0.1, -0.05) is 188 Å². The number of hydrogen-bond donors (Lipinski definition) is 0. The van der Waals surface area contributed by atoms with Crippen molar-refractivity contribution in [2.75, 3.05) is 13.2 Å². The summed E-state index contributed by atoms with van der Waals surface area (Å²) in [6.07, 6.45) is 69.3. The fraction of sp³-hybridized carbons (Fsp3) is 0.638. The number of hydrogen-bond acceptors (Lipinski definition) is 6. The van der Waals surface area contributed by atoms with Gasteiger partial charge in [0.15, 0.2) is 6.10 Å². The molecular formula is C58H94O6. The molecule has 0 aliphatic heterocycles. The van der Waals surface area contributed by atoms with Crippen LogP contribution in [0.15, 0.2) is 109 Å². The van der Waals surface area contributed by atoms with Crippen molar-refractivity contribution in [3.8, 4) is 0 Å². The van der Waals surface area contributed by atoms with Gasteiger partial charge < -0.3 is 14.2 Å². The molecule has 0 N–H and O–H groups in total. The molecule has 0 saturated carbocycles. The van der Waals surface area contributed by atoms with Crippen LogP contribution in [0.5, 0.6) is 0 Å². The van der Waals surface area contributed by atoms with Crippen molar-refractivity contribution in [2.24, 2.45) is 0 Å². The molecule has 0 amide bonds. The summed E-state index contributed by atoms with van der Waals surface area (Å²) in [6, 6.07) is 0. The second-order valence-electron chi connectivity index (χ2n) is 16.7. The van der Waals surface area contributed by atoms with Crippen LogP contribution in [0.3, 0.4) is 0 Å². The van der Waals surface area contributed by atoms with E-state index >= 15 is 0 Å². The summed E-state index contributed by atoms with van der Waals surface area (Å²) in [4.78, 5) is 38.0. The molecule has 0 aromatic heterocycles. The van der Waals surface area contributed by atoms with Gasteiger partial charge in [-0.15, -0.1) is 0 Å². The standard InChI is InChI=1S/C58H94O6/c1-4-7-10-13-16-19-22-25-27-29-31-33-36-39-42-45-48-51-57(60)63-54-55(53-62-56(59)50-47-44-41-38-35-24-21-18-15-12-9-6-3)64-58(61)52-49-46-43-40-37-34-32-30-28-26-23-20-17-14-11-8-5-2/h7,10,16-21,25-28,31-34,39,42,55H,4-6,8-9,11-15,22-24,29-30,35-38,40-41,43-54H2,1-3H3/b10-7-,19-16-,20-17-,21-18-,27-25-,28-26-,33-31-,34-32-,42-39-/t55-/m1/s1. The van der Waals surface area contributed by atoms with Crippen LogP contribution in [-0.4, -0.2) is 37.2 Å². The Hall–Kier alpha value is -3.93. The van der Waals surface area contributed by atoms with Gasteiger partial charge in [0, 0.05) is 19.3 Å². The van der Waals surface area contributed by atoms with Crippen molar-refractivity contribution in [3.63, 3.8) is 0 Å². The average Bonchev–Trinajstić information content (AvgIpc) is 3.29. The van der Waals surface area contributed by atoms with Crippen molar-refractivity contribution in [1.82, 2.24) is 0 Å². The number of unbranched alkanes of at least 4 members (excludes halogenated alkanes) is 16. The third-order valence-electron chi connectivity index (χ3n) is 10.5. The Balaban J connectivity index is 4.54. The lowest BCUT2D eigenvalue weighted by Gasteiger charge is -2.18. The Bertz CT molecular complexity index is 1340. The Kier molecular flexibility index (Phi) is 48.5. The van der Waals surface area contributed by atoms with E-state index in [1.165, 1.54) is 57.8 Å². The third kappa shape index (κ3) is 49.1. The first-order chi connectivity index (χ1) is 31.5. The molecular weight excluding hydrogens is 793 g/mol. The normalized spacial score (nSPS) is 13.0. The van der Waals surface area contributed by atoms with Crippen LogP contribution in [0.25, 0.3) is 0 Å². The van der Waals surface area contributed by atoms with Crippen molar-refractivity contribution in [3.05, 3.63) is 109 Å². The van der Waals surface area contributed by atoms with E-state index in [4.69, 9.17) is 14.2 Å². The number of esters is 3. The largest absolute Gasteiger partial charge is 0.462 e. The topological polar surface area (TPSA) is 78.9 Å². The first kappa shape index (κ1) is 60.1. The van der Waals surface area contributed by atoms with Crippen LogP contribution < -0.4 is 0 Å². The highest BCUT2D eigenvalue weighted by atomic mass is 16.6. The fourth-order valence-electron chi connectivity index (χ4n) is 6.59. The van der Waals surface area contributed by atoms with Gasteiger partial charge in [-0.25, -0.2) is 0 Å². The maximum absolute atomic E-state index is 12.8. The van der Waals surface area contributed by atoms with Crippen molar-refractivity contribution in [2.45, 2.75) is 226 Å². The number of carbonyl (C=O) groups excluding carboxylic acids is 3. The van der Waals surface area contributed by atoms with Gasteiger partial charge in [-0.3, -0.25) is 14.4 Å². The highest BCUT2D eigenvalue weighted by Gasteiger charge is 2.19. The Morgan fingerprint density at radius 1 is 0.328 bits per heavy atom. The third-order valence-corrected chi connectivity index (χ3v) is 10.5. The monoisotopic (exact) mass is 887 g/mol. The van der Waals surface area contributed by atoms with Crippen molar-refractivity contribution < 1.29 is 28.6 Å². The Labute approximate surface area is 393 Å². The minimum absolute atomic E-state index is 0.111. The smallest absolute Gasteiger partial charge is 0.306 e. The maximum Gasteiger partial charge on any atom is 0.306 e. The quantitative estimate of drug-likeness (QED) is 0.0262. The van der Waals surface area contributed by atoms with Crippen LogP contribution in [-0.2, 0) is 28.6 Å². The molecule has 0 aromatic rings. The van der Waals surface area contributed by atoms with Gasteiger partial charge in [-0.2, -0.15) is 0 Å². The van der Waals surface area contributed by atoms with Crippen LogP contribution in [0, 0.1) is 0 Å². The van der Waals surface area contributed by atoms with Gasteiger partial charge in [-0.05, 0) is 122 Å². The summed E-state index contributed by atoms with van der Waals surface area (Å²) >= 11 is 0. The molecule has 0 aliphatic rings. The lowest BCUT2D eigenvalue weighted by Crippen LogP contribution is -2.30. The van der Waals surface area contributed by atoms with Crippen LogP contribution >= 0.6 is 0 Å². The van der Waals surface area contributed by atoms with Gasteiger partial charge in [0.05, 0.1) is 0 Å². The second kappa shape index (κ2) is 51.7. The van der Waals surface area contributed by atoms with Crippen LogP contribution in [0.1, 0.15) is 220 Å². The van der Waals surface area contributed by atoms with Crippen LogP contribution in [0.4, 0.5) is 0 Å². The van der Waals surface area contributed by atoms with E-state index in [0.29, 0.717) is 12.8 Å². The summed E-state index contributed by atoms with van der Waals surface area (Å²) in [5.41, 5.74) is 0. The van der Waals surface area contributed by atoms with E-state index < -0.39 is 6.10 Å². The van der Waals surface area contributed by atoms with Crippen molar-refractivity contribution >= 4 is 17.9 Å². The highest BCUT2D eigenvalue weighted by Crippen LogP contribution is 2.12. The summed E-state index contributed by atoms with van der Waals surface area (Å²) in [5, 5.41) is 0. The van der Waals surface area contributed by atoms with E-state index in [1.807, 2.05) is 0 Å². The molecule has 0 saturated heterocycles. The van der Waals surface area contributed by atoms with E-state index in [9.17, 15) is 14.4 Å². The predicted molar refractivity (Wildman–Crippen MR) is 274 cm³/mol. The molecule has 0 unspecified atom stereocenters. The molecule has 1 atom stereocenters. The predicted octanol–water partition coefficient (Wildman–Crippen LogP) is 17.1. The zero-order valence-electron chi connectivity index (χ0n) is 41.3. The Morgan fingerprint density at radius 2 is 0.625 bits per heavy atom. The summed E-state index contributed by atoms with van der Waals surface area (Å²) < 4.78 is 16.7. The van der Waals surface area contributed by atoms with Gasteiger partial charge >= 0.3 is 17.9 Å². The molecule has 0 rings (SSSR count). The first-order valence-electron chi connectivity index (χ1n) is 25.9. The van der Waals surface area contributed by atoms with E-state index in [2.05, 4.69) is 130 Å². The van der Waals surface area contributed by atoms with Gasteiger partial charge in [0.2, 0.25) is 0 Å². The molecule has 0 fully saturated rings. The van der Waals surface area contributed by atoms with E-state index in [-0.39, 0.29) is 44.0 Å². The Morgan fingerprint density at radius 3 is 1.03 bits per heavy atom. The lowest BCUT2D eigenvalue weighted by atomic mass is 10.1. The SMILES string of the molecule is CC/C=C\C/C=C\C/C=C\C/C=C\C/C=C\CCCC(=O)OC[C@@H](COC(=O)CCCCCCC/C=C\CCCCC)OC(=O)CCCCCC/C=C\C/C=C\C/C=C\CCCCC. The van der Waals surface area contributed by atoms with E-state index in [1.54, 1.807) is 0 Å². The summed E-state index contributed by atoms with van der Waals surface area (Å²) in [7, 11) is 0. The fourth-order valence-corrected chi connectivity index (χ4v) is 6.59. The molecule has 0 aliphatic carbocycles. The maximum atomic E-state index is 12.8. The number of rotatable bonds is 45. The minimum atomic E-state index is -0.817. The first-order valence-corrected chi connectivity index (χ1v) is 25.9. The zero-order valence-corrected chi connectivity index (χ0v) is 41.3. The molecule has 0 bridgehead atoms. The number of carbonyl (C=O) groups is 3. The lowest BCUT2D eigenvalue weighted by molar-refractivity contribution is -0.167. The minimum Gasteiger partial charge on any atom is -0.462 e. The zero-order chi connectivity index (χ0) is 46.5. The number of ether oxygens (including phenoxy) is 3. The molecule has 6 heteroatoms. The summed E-state index contributed by atoms with van der Waals surface area (Å²) in [5.74, 6) is -1.01. The molecule has 0 spiro atoms. The molecule has 0 aromatic carbocycles. The summed E-state index contributed by atoms with van der Waals surface area (Å²) in [6.45, 7) is 6.38. The average molecular weight is 887 g/mol. The van der Waals surface area contributed by atoms with E-state index in [0.717, 1.165) is 116 Å². The highest BCUT2D eigenvalue weighted by molar-refractivity contribution is 5.71. The van der Waals surface area contributed by atoms with Crippen molar-refractivity contribution in [1.29, 1.82) is 0 Å².